The van der Waals surface area contributed by atoms with Crippen LogP contribution in [0.4, 0.5) is 9.18 Å². The molecule has 1 saturated heterocycles. The number of amides is 2. The molecular weight excluding hydrogens is 620 g/mol. The molecule has 6 nitrogen and oxygen atoms in total. The molecule has 0 atom stereocenters. The highest BCUT2D eigenvalue weighted by Crippen LogP contribution is 2.38. The lowest BCUT2D eigenvalue weighted by atomic mass is 10.1. The van der Waals surface area contributed by atoms with Crippen LogP contribution in [-0.4, -0.2) is 35.8 Å². The fourth-order valence-corrected chi connectivity index (χ4v) is 5.41. The van der Waals surface area contributed by atoms with Gasteiger partial charge in [0, 0.05) is 0 Å². The number of hydrogen-bond donors (Lipinski definition) is 0. The SMILES string of the molecule is CCOc1cc(/C=C2\SC(=O)N(CCOc3cc(C)ccc3C)C2=O)cc(I)c1OCc1ccc(F)cc1. The van der Waals surface area contributed by atoms with E-state index in [9.17, 15) is 14.0 Å². The Hall–Kier alpha value is -3.05. The minimum absolute atomic E-state index is 0.160. The molecule has 3 aromatic carbocycles. The Bertz CT molecular complexity index is 1380. The van der Waals surface area contributed by atoms with Gasteiger partial charge >= 0.3 is 0 Å². The smallest absolute Gasteiger partial charge is 0.293 e. The van der Waals surface area contributed by atoms with Crippen LogP contribution in [0.15, 0.2) is 59.5 Å². The van der Waals surface area contributed by atoms with Gasteiger partial charge in [-0.05, 0) is 114 Å². The molecule has 0 N–H and O–H groups in total. The first kappa shape index (κ1) is 28.0. The van der Waals surface area contributed by atoms with Gasteiger partial charge in [0.1, 0.15) is 24.8 Å². The lowest BCUT2D eigenvalue weighted by molar-refractivity contribution is -0.123. The Morgan fingerprint density at radius 2 is 1.74 bits per heavy atom. The number of nitrogens with zero attached hydrogens (tertiary/aromatic N) is 1. The van der Waals surface area contributed by atoms with Crippen LogP contribution in [0, 0.1) is 23.2 Å². The maximum atomic E-state index is 13.2. The number of rotatable bonds is 10. The Morgan fingerprint density at radius 1 is 0.974 bits per heavy atom. The zero-order chi connectivity index (χ0) is 27.2. The van der Waals surface area contributed by atoms with Crippen molar-refractivity contribution in [3.63, 3.8) is 0 Å². The van der Waals surface area contributed by atoms with Gasteiger partial charge in [-0.15, -0.1) is 0 Å². The second-order valence-corrected chi connectivity index (χ2v) is 10.8. The second kappa shape index (κ2) is 12.7. The molecule has 1 fully saturated rings. The highest BCUT2D eigenvalue weighted by molar-refractivity contribution is 14.1. The molecule has 9 heteroatoms. The van der Waals surface area contributed by atoms with E-state index < -0.39 is 0 Å². The highest BCUT2D eigenvalue weighted by atomic mass is 127. The molecule has 2 amide bonds. The number of carbonyl (C=O) groups is 2. The number of carbonyl (C=O) groups excluding carboxylic acids is 2. The van der Waals surface area contributed by atoms with Crippen LogP contribution in [0.2, 0.25) is 0 Å². The summed E-state index contributed by atoms with van der Waals surface area (Å²) < 4.78 is 31.6. The molecular formula is C29H27FINO5S. The van der Waals surface area contributed by atoms with Crippen LogP contribution in [0.1, 0.15) is 29.2 Å². The summed E-state index contributed by atoms with van der Waals surface area (Å²) in [6.45, 7) is 6.84. The van der Waals surface area contributed by atoms with Gasteiger partial charge < -0.3 is 14.2 Å². The van der Waals surface area contributed by atoms with Crippen molar-refractivity contribution in [1.29, 1.82) is 0 Å². The summed E-state index contributed by atoms with van der Waals surface area (Å²) in [5, 5.41) is -0.329. The zero-order valence-electron chi connectivity index (χ0n) is 21.3. The van der Waals surface area contributed by atoms with Crippen LogP contribution in [-0.2, 0) is 11.4 Å². The average molecular weight is 648 g/mol. The molecule has 0 spiro atoms. The van der Waals surface area contributed by atoms with Gasteiger partial charge in [-0.1, -0.05) is 24.3 Å². The largest absolute Gasteiger partial charge is 0.491 e. The molecule has 0 saturated carbocycles. The van der Waals surface area contributed by atoms with Crippen molar-refractivity contribution in [3.8, 4) is 17.2 Å². The van der Waals surface area contributed by atoms with Crippen LogP contribution >= 0.6 is 34.4 Å². The summed E-state index contributed by atoms with van der Waals surface area (Å²) in [6, 6.07) is 15.7. The van der Waals surface area contributed by atoms with Gasteiger partial charge in [-0.3, -0.25) is 14.5 Å². The summed E-state index contributed by atoms with van der Waals surface area (Å²) >= 11 is 3.05. The highest BCUT2D eigenvalue weighted by Gasteiger charge is 2.35. The van der Waals surface area contributed by atoms with Crippen molar-refractivity contribution in [1.82, 2.24) is 4.90 Å². The minimum atomic E-state index is -0.353. The number of ether oxygens (including phenoxy) is 3. The van der Waals surface area contributed by atoms with Gasteiger partial charge in [0.15, 0.2) is 11.5 Å². The first-order valence-corrected chi connectivity index (χ1v) is 13.9. The number of imide groups is 1. The van der Waals surface area contributed by atoms with E-state index in [0.717, 1.165) is 37.8 Å². The van der Waals surface area contributed by atoms with Gasteiger partial charge in [0.25, 0.3) is 11.1 Å². The Morgan fingerprint density at radius 3 is 2.47 bits per heavy atom. The molecule has 0 aliphatic carbocycles. The van der Waals surface area contributed by atoms with E-state index in [0.29, 0.717) is 28.6 Å². The monoisotopic (exact) mass is 647 g/mol. The van der Waals surface area contributed by atoms with Gasteiger partial charge in [0.05, 0.1) is 21.6 Å². The zero-order valence-corrected chi connectivity index (χ0v) is 24.2. The Labute approximate surface area is 239 Å². The number of aryl methyl sites for hydroxylation is 2. The summed E-state index contributed by atoms with van der Waals surface area (Å²) in [5.41, 5.74) is 3.61. The molecule has 1 heterocycles. The first-order valence-electron chi connectivity index (χ1n) is 12.0. The lowest BCUT2D eigenvalue weighted by Crippen LogP contribution is -2.32. The van der Waals surface area contributed by atoms with Crippen LogP contribution in [0.5, 0.6) is 17.2 Å². The van der Waals surface area contributed by atoms with Crippen molar-refractivity contribution in [2.75, 3.05) is 19.8 Å². The fourth-order valence-electron chi connectivity index (χ4n) is 3.76. The third-order valence-electron chi connectivity index (χ3n) is 5.72. The molecule has 0 radical (unpaired) electrons. The standard InChI is InChI=1S/C29H27FINO5S/c1-4-35-25-15-21(14-23(31)27(25)37-17-20-7-9-22(30)10-8-20)16-26-28(33)32(29(34)38-26)11-12-36-24-13-18(2)5-6-19(24)3/h5-10,13-16H,4,11-12,17H2,1-3H3/b26-16-. The van der Waals surface area contributed by atoms with Crippen molar-refractivity contribution in [2.24, 2.45) is 0 Å². The molecule has 0 bridgehead atoms. The van der Waals surface area contributed by atoms with Crippen molar-refractivity contribution in [2.45, 2.75) is 27.4 Å². The summed E-state index contributed by atoms with van der Waals surface area (Å²) in [5.74, 6) is 1.17. The summed E-state index contributed by atoms with van der Waals surface area (Å²) in [7, 11) is 0. The number of thioether (sulfide) groups is 1. The van der Waals surface area contributed by atoms with Crippen molar-refractivity contribution in [3.05, 3.63) is 91.1 Å². The third-order valence-corrected chi connectivity index (χ3v) is 7.42. The fraction of sp³-hybridized carbons (Fsp3) is 0.241. The van der Waals surface area contributed by atoms with E-state index in [1.807, 2.05) is 45.0 Å². The van der Waals surface area contributed by atoms with Gasteiger partial charge in [-0.2, -0.15) is 0 Å². The predicted octanol–water partition coefficient (Wildman–Crippen LogP) is 7.14. The minimum Gasteiger partial charge on any atom is -0.491 e. The van der Waals surface area contributed by atoms with Gasteiger partial charge in [-0.25, -0.2) is 4.39 Å². The quantitative estimate of drug-likeness (QED) is 0.172. The molecule has 1 aliphatic heterocycles. The number of halogens is 2. The van der Waals surface area contributed by atoms with E-state index in [1.165, 1.54) is 17.0 Å². The van der Waals surface area contributed by atoms with Crippen LogP contribution in [0.25, 0.3) is 6.08 Å². The van der Waals surface area contributed by atoms with Crippen molar-refractivity contribution < 1.29 is 28.2 Å². The van der Waals surface area contributed by atoms with Crippen LogP contribution < -0.4 is 14.2 Å². The molecule has 0 aromatic heterocycles. The number of benzene rings is 3. The molecule has 1 aliphatic rings. The number of hydrogen-bond acceptors (Lipinski definition) is 6. The van der Waals surface area contributed by atoms with E-state index in [1.54, 1.807) is 24.3 Å². The lowest BCUT2D eigenvalue weighted by Gasteiger charge is -2.15. The summed E-state index contributed by atoms with van der Waals surface area (Å²) in [4.78, 5) is 27.1. The second-order valence-electron chi connectivity index (χ2n) is 8.63. The predicted molar refractivity (Wildman–Crippen MR) is 155 cm³/mol. The van der Waals surface area contributed by atoms with Crippen molar-refractivity contribution >= 4 is 51.6 Å². The van der Waals surface area contributed by atoms with Gasteiger partial charge in [0.2, 0.25) is 0 Å². The summed E-state index contributed by atoms with van der Waals surface area (Å²) in [6.07, 6.45) is 1.69. The van der Waals surface area contributed by atoms with E-state index >= 15 is 0 Å². The Balaban J connectivity index is 1.46. The molecule has 0 unspecified atom stereocenters. The molecule has 3 aromatic rings. The maximum Gasteiger partial charge on any atom is 0.293 e. The first-order chi connectivity index (χ1) is 18.2. The van der Waals surface area contributed by atoms with E-state index in [-0.39, 0.29) is 36.7 Å². The van der Waals surface area contributed by atoms with E-state index in [2.05, 4.69) is 22.6 Å². The topological polar surface area (TPSA) is 65.1 Å². The Kier molecular flexibility index (Phi) is 9.32. The third kappa shape index (κ3) is 6.87. The van der Waals surface area contributed by atoms with E-state index in [4.69, 9.17) is 14.2 Å². The maximum absolute atomic E-state index is 13.2. The van der Waals surface area contributed by atoms with Crippen LogP contribution in [0.3, 0.4) is 0 Å². The average Bonchev–Trinajstić information content (AvgIpc) is 3.14. The molecule has 38 heavy (non-hydrogen) atoms. The molecule has 198 valence electrons. The molecule has 4 rings (SSSR count). The normalized spacial score (nSPS) is 14.3.